The summed E-state index contributed by atoms with van der Waals surface area (Å²) in [6.07, 6.45) is 4.35. The fraction of sp³-hybridized carbons (Fsp3) is 1.00. The Balaban J connectivity index is 2.14. The van der Waals surface area contributed by atoms with Gasteiger partial charge in [0.2, 0.25) is 0 Å². The van der Waals surface area contributed by atoms with E-state index in [-0.39, 0.29) is 6.10 Å². The van der Waals surface area contributed by atoms with Crippen molar-refractivity contribution < 1.29 is 9.84 Å². The van der Waals surface area contributed by atoms with E-state index >= 15 is 0 Å². The van der Waals surface area contributed by atoms with Crippen molar-refractivity contribution in [3.8, 4) is 0 Å². The Kier molecular flexibility index (Phi) is 5.42. The van der Waals surface area contributed by atoms with E-state index in [9.17, 15) is 5.11 Å². The molecule has 102 valence electrons. The molecule has 1 aliphatic carbocycles. The molecule has 1 aliphatic rings. The zero-order valence-electron chi connectivity index (χ0n) is 11.9. The molecule has 0 bridgehead atoms. The molecule has 0 spiro atoms. The molecule has 0 unspecified atom stereocenters. The van der Waals surface area contributed by atoms with E-state index in [2.05, 4.69) is 19.2 Å². The second-order valence-corrected chi connectivity index (χ2v) is 6.48. The highest BCUT2D eigenvalue weighted by atomic mass is 16.5. The highest BCUT2D eigenvalue weighted by Gasteiger charge is 2.36. The quantitative estimate of drug-likeness (QED) is 0.704. The first-order valence-electron chi connectivity index (χ1n) is 6.88. The van der Waals surface area contributed by atoms with Crippen LogP contribution in [0, 0.1) is 5.41 Å². The molecule has 17 heavy (non-hydrogen) atoms. The summed E-state index contributed by atoms with van der Waals surface area (Å²) >= 11 is 0. The summed E-state index contributed by atoms with van der Waals surface area (Å²) in [5, 5.41) is 13.7. The fourth-order valence-corrected chi connectivity index (χ4v) is 2.26. The number of hydrogen-bond donors (Lipinski definition) is 2. The van der Waals surface area contributed by atoms with Gasteiger partial charge in [0.15, 0.2) is 0 Å². The van der Waals surface area contributed by atoms with E-state index < -0.39 is 5.60 Å². The minimum Gasteiger partial charge on any atom is -0.389 e. The second kappa shape index (κ2) is 6.17. The van der Waals surface area contributed by atoms with Gasteiger partial charge in [0.1, 0.15) is 0 Å². The summed E-state index contributed by atoms with van der Waals surface area (Å²) in [5.41, 5.74) is -0.0830. The Labute approximate surface area is 106 Å². The lowest BCUT2D eigenvalue weighted by Gasteiger charge is -2.40. The Morgan fingerprint density at radius 2 is 1.76 bits per heavy atom. The van der Waals surface area contributed by atoms with E-state index in [4.69, 9.17) is 4.74 Å². The molecular weight excluding hydrogens is 214 g/mol. The van der Waals surface area contributed by atoms with Crippen LogP contribution in [-0.4, -0.2) is 36.5 Å². The first-order chi connectivity index (χ1) is 7.83. The van der Waals surface area contributed by atoms with Gasteiger partial charge < -0.3 is 15.2 Å². The third-order valence-electron chi connectivity index (χ3n) is 3.72. The highest BCUT2D eigenvalue weighted by molar-refractivity contribution is 4.90. The second-order valence-electron chi connectivity index (χ2n) is 6.48. The van der Waals surface area contributed by atoms with Gasteiger partial charge in [-0.3, -0.25) is 0 Å². The first-order valence-corrected chi connectivity index (χ1v) is 6.88. The van der Waals surface area contributed by atoms with Crippen molar-refractivity contribution in [1.29, 1.82) is 0 Å². The van der Waals surface area contributed by atoms with Gasteiger partial charge in [-0.2, -0.15) is 0 Å². The average Bonchev–Trinajstić information content (AvgIpc) is 2.23. The third-order valence-corrected chi connectivity index (χ3v) is 3.72. The molecular formula is C14H29NO2. The maximum atomic E-state index is 10.4. The van der Waals surface area contributed by atoms with Crippen LogP contribution in [0.3, 0.4) is 0 Å². The highest BCUT2D eigenvalue weighted by Crippen LogP contribution is 2.39. The summed E-state index contributed by atoms with van der Waals surface area (Å²) in [7, 11) is 0. The van der Waals surface area contributed by atoms with E-state index in [1.807, 2.05) is 13.8 Å². The van der Waals surface area contributed by atoms with Crippen molar-refractivity contribution in [3.05, 3.63) is 0 Å². The minimum absolute atomic E-state index is 0.287. The molecule has 3 nitrogen and oxygen atoms in total. The standard InChI is InChI=1S/C14H29NO2/c1-12(2)17-10-9-15-11-14(16)7-5-13(3,4)6-8-14/h12,15-16H,5-11H2,1-4H3. The van der Waals surface area contributed by atoms with Crippen LogP contribution in [0.25, 0.3) is 0 Å². The zero-order chi connectivity index (χ0) is 12.9. The van der Waals surface area contributed by atoms with Gasteiger partial charge in [0.25, 0.3) is 0 Å². The lowest BCUT2D eigenvalue weighted by atomic mass is 9.71. The third kappa shape index (κ3) is 5.84. The van der Waals surface area contributed by atoms with Gasteiger partial charge in [-0.05, 0) is 44.9 Å². The topological polar surface area (TPSA) is 41.5 Å². The zero-order valence-corrected chi connectivity index (χ0v) is 11.9. The summed E-state index contributed by atoms with van der Waals surface area (Å²) in [4.78, 5) is 0. The Bertz CT molecular complexity index is 216. The largest absolute Gasteiger partial charge is 0.389 e. The molecule has 1 saturated carbocycles. The molecule has 0 aliphatic heterocycles. The number of aliphatic hydroxyl groups is 1. The van der Waals surface area contributed by atoms with Crippen molar-refractivity contribution in [1.82, 2.24) is 5.32 Å². The predicted octanol–water partition coefficient (Wildman–Crippen LogP) is 2.33. The summed E-state index contributed by atoms with van der Waals surface area (Å²) < 4.78 is 5.45. The van der Waals surface area contributed by atoms with Crippen molar-refractivity contribution in [2.24, 2.45) is 5.41 Å². The monoisotopic (exact) mass is 243 g/mol. The van der Waals surface area contributed by atoms with E-state index in [1.54, 1.807) is 0 Å². The Morgan fingerprint density at radius 3 is 2.29 bits per heavy atom. The normalized spacial score (nSPS) is 22.9. The van der Waals surface area contributed by atoms with E-state index in [1.165, 1.54) is 0 Å². The first kappa shape index (κ1) is 14.9. The molecule has 0 amide bonds. The number of rotatable bonds is 6. The van der Waals surface area contributed by atoms with Crippen LogP contribution in [0.15, 0.2) is 0 Å². The molecule has 1 rings (SSSR count). The van der Waals surface area contributed by atoms with Crippen LogP contribution in [0.4, 0.5) is 0 Å². The smallest absolute Gasteiger partial charge is 0.0772 e. The molecule has 0 saturated heterocycles. The average molecular weight is 243 g/mol. The van der Waals surface area contributed by atoms with Crippen LogP contribution in [0.5, 0.6) is 0 Å². The van der Waals surface area contributed by atoms with E-state index in [0.717, 1.165) is 38.8 Å². The van der Waals surface area contributed by atoms with Crippen LogP contribution < -0.4 is 5.32 Å². The van der Waals surface area contributed by atoms with Crippen molar-refractivity contribution in [3.63, 3.8) is 0 Å². The van der Waals surface area contributed by atoms with Crippen molar-refractivity contribution >= 4 is 0 Å². The van der Waals surface area contributed by atoms with Gasteiger partial charge in [0.05, 0.1) is 18.3 Å². The summed E-state index contributed by atoms with van der Waals surface area (Å²) in [6, 6.07) is 0. The molecule has 1 fully saturated rings. The molecule has 0 aromatic rings. The molecule has 0 heterocycles. The van der Waals surface area contributed by atoms with Gasteiger partial charge in [-0.1, -0.05) is 13.8 Å². The van der Waals surface area contributed by atoms with Gasteiger partial charge in [-0.25, -0.2) is 0 Å². The van der Waals surface area contributed by atoms with Gasteiger partial charge in [0, 0.05) is 13.1 Å². The predicted molar refractivity (Wildman–Crippen MR) is 71.2 cm³/mol. The number of nitrogens with one attached hydrogen (secondary N) is 1. The van der Waals surface area contributed by atoms with Crippen molar-refractivity contribution in [2.45, 2.75) is 65.1 Å². The summed E-state index contributed by atoms with van der Waals surface area (Å²) in [5.74, 6) is 0. The van der Waals surface area contributed by atoms with Crippen molar-refractivity contribution in [2.75, 3.05) is 19.7 Å². The molecule has 0 radical (unpaired) electrons. The number of ether oxygens (including phenoxy) is 1. The maximum absolute atomic E-state index is 10.4. The molecule has 0 aromatic carbocycles. The Morgan fingerprint density at radius 1 is 1.18 bits per heavy atom. The lowest BCUT2D eigenvalue weighted by molar-refractivity contribution is -0.0257. The Hall–Kier alpha value is -0.120. The van der Waals surface area contributed by atoms with Crippen LogP contribution in [-0.2, 0) is 4.74 Å². The maximum Gasteiger partial charge on any atom is 0.0772 e. The van der Waals surface area contributed by atoms with Crippen LogP contribution in [0.1, 0.15) is 53.4 Å². The van der Waals surface area contributed by atoms with Gasteiger partial charge >= 0.3 is 0 Å². The summed E-state index contributed by atoms with van der Waals surface area (Å²) in [6.45, 7) is 10.9. The molecule has 3 heteroatoms. The van der Waals surface area contributed by atoms with Crippen LogP contribution >= 0.6 is 0 Å². The molecule has 2 N–H and O–H groups in total. The molecule has 0 aromatic heterocycles. The van der Waals surface area contributed by atoms with E-state index in [0.29, 0.717) is 12.0 Å². The number of hydrogen-bond acceptors (Lipinski definition) is 3. The lowest BCUT2D eigenvalue weighted by Crippen LogP contribution is -2.45. The molecule has 0 atom stereocenters. The minimum atomic E-state index is -0.493. The fourth-order valence-electron chi connectivity index (χ4n) is 2.26. The SMILES string of the molecule is CC(C)OCCNCC1(O)CCC(C)(C)CC1. The van der Waals surface area contributed by atoms with Gasteiger partial charge in [-0.15, -0.1) is 0 Å². The van der Waals surface area contributed by atoms with Crippen LogP contribution in [0.2, 0.25) is 0 Å².